The van der Waals surface area contributed by atoms with Gasteiger partial charge in [-0.15, -0.1) is 11.8 Å². The molecule has 0 aliphatic heterocycles. The van der Waals surface area contributed by atoms with Gasteiger partial charge in [-0.2, -0.15) is 0 Å². The second-order valence-electron chi connectivity index (χ2n) is 5.66. The monoisotopic (exact) mass is 332 g/mol. The molecular formula is C19H21ClOS. The second kappa shape index (κ2) is 6.89. The van der Waals surface area contributed by atoms with Gasteiger partial charge in [-0.3, -0.25) is 4.79 Å². The minimum Gasteiger partial charge on any atom is -0.276 e. The van der Waals surface area contributed by atoms with E-state index in [0.717, 1.165) is 10.6 Å². The number of carbonyl (C=O) groups is 1. The Labute approximate surface area is 142 Å². The smallest absolute Gasteiger partial charge is 0.253 e. The lowest BCUT2D eigenvalue weighted by atomic mass is 9.90. The molecule has 0 amide bonds. The molecular weight excluding hydrogens is 312 g/mol. The third-order valence-electron chi connectivity index (χ3n) is 4.63. The van der Waals surface area contributed by atoms with Crippen LogP contribution in [0.1, 0.15) is 43.7 Å². The molecule has 2 rings (SSSR count). The normalized spacial score (nSPS) is 10.8. The van der Waals surface area contributed by atoms with E-state index in [9.17, 15) is 4.79 Å². The average molecular weight is 333 g/mol. The van der Waals surface area contributed by atoms with Gasteiger partial charge in [0.15, 0.2) is 0 Å². The number of thioether (sulfide) groups is 1. The first-order valence-electron chi connectivity index (χ1n) is 7.32. The third kappa shape index (κ3) is 3.23. The fraction of sp³-hybridized carbons (Fsp3) is 0.316. The van der Waals surface area contributed by atoms with Crippen LogP contribution in [0.2, 0.25) is 0 Å². The van der Waals surface area contributed by atoms with E-state index in [4.69, 9.17) is 11.6 Å². The van der Waals surface area contributed by atoms with Crippen molar-refractivity contribution in [3.8, 4) is 0 Å². The van der Waals surface area contributed by atoms with Gasteiger partial charge in [-0.1, -0.05) is 12.1 Å². The molecule has 0 bridgehead atoms. The number of rotatable bonds is 4. The molecule has 0 heterocycles. The van der Waals surface area contributed by atoms with Crippen LogP contribution in [0, 0.1) is 34.6 Å². The van der Waals surface area contributed by atoms with Crippen LogP contribution >= 0.6 is 23.4 Å². The molecule has 0 atom stereocenters. The van der Waals surface area contributed by atoms with Crippen LogP contribution in [-0.2, 0) is 5.75 Å². The zero-order valence-corrected chi connectivity index (χ0v) is 15.3. The Hall–Kier alpha value is -1.25. The number of hydrogen-bond acceptors (Lipinski definition) is 2. The summed E-state index contributed by atoms with van der Waals surface area (Å²) in [6.45, 7) is 10.9. The summed E-state index contributed by atoms with van der Waals surface area (Å²) in [5.41, 5.74) is 8.75. The Morgan fingerprint density at radius 1 is 0.909 bits per heavy atom. The van der Waals surface area contributed by atoms with Gasteiger partial charge in [0.2, 0.25) is 0 Å². The molecule has 0 aliphatic carbocycles. The van der Waals surface area contributed by atoms with Gasteiger partial charge in [-0.05, 0) is 91.7 Å². The standard InChI is InChI=1S/C19H21ClOS/c1-11-12(2)14(4)17(15(5)13(11)3)10-22-18-9-7-6-8-16(18)19(20)21/h6-9H,10H2,1-5H3. The molecule has 0 unspecified atom stereocenters. The van der Waals surface area contributed by atoms with Crippen molar-refractivity contribution in [1.82, 2.24) is 0 Å². The maximum atomic E-state index is 11.5. The van der Waals surface area contributed by atoms with Gasteiger partial charge in [0.05, 0.1) is 0 Å². The Kier molecular flexibility index (Phi) is 5.36. The summed E-state index contributed by atoms with van der Waals surface area (Å²) in [6.07, 6.45) is 0. The predicted octanol–water partition coefficient (Wildman–Crippen LogP) is 5.90. The molecule has 0 fully saturated rings. The summed E-state index contributed by atoms with van der Waals surface area (Å²) in [7, 11) is 0. The van der Waals surface area contributed by atoms with E-state index in [1.807, 2.05) is 18.2 Å². The van der Waals surface area contributed by atoms with Crippen molar-refractivity contribution in [2.75, 3.05) is 0 Å². The molecule has 0 aromatic heterocycles. The average Bonchev–Trinajstić information content (AvgIpc) is 2.51. The summed E-state index contributed by atoms with van der Waals surface area (Å²) in [4.78, 5) is 12.5. The van der Waals surface area contributed by atoms with Gasteiger partial charge in [-0.25, -0.2) is 0 Å². The molecule has 2 aromatic rings. The lowest BCUT2D eigenvalue weighted by molar-refractivity contribution is 0.107. The van der Waals surface area contributed by atoms with Gasteiger partial charge >= 0.3 is 0 Å². The topological polar surface area (TPSA) is 17.1 Å². The van der Waals surface area contributed by atoms with Gasteiger partial charge in [0.1, 0.15) is 0 Å². The molecule has 2 aromatic carbocycles. The quantitative estimate of drug-likeness (QED) is 0.512. The fourth-order valence-corrected chi connectivity index (χ4v) is 4.14. The van der Waals surface area contributed by atoms with E-state index in [-0.39, 0.29) is 0 Å². The van der Waals surface area contributed by atoms with Crippen molar-refractivity contribution < 1.29 is 4.79 Å². The van der Waals surface area contributed by atoms with Gasteiger partial charge in [0, 0.05) is 16.2 Å². The fourth-order valence-electron chi connectivity index (χ4n) is 2.70. The molecule has 0 saturated carbocycles. The van der Waals surface area contributed by atoms with Crippen molar-refractivity contribution in [3.05, 3.63) is 63.2 Å². The van der Waals surface area contributed by atoms with E-state index >= 15 is 0 Å². The Bertz CT molecular complexity index is 705. The number of hydrogen-bond donors (Lipinski definition) is 0. The molecule has 116 valence electrons. The molecule has 0 saturated heterocycles. The zero-order valence-electron chi connectivity index (χ0n) is 13.7. The maximum Gasteiger partial charge on any atom is 0.253 e. The highest BCUT2D eigenvalue weighted by atomic mass is 35.5. The summed E-state index contributed by atoms with van der Waals surface area (Å²) in [5, 5.41) is -0.396. The highest BCUT2D eigenvalue weighted by Gasteiger charge is 2.14. The van der Waals surface area contributed by atoms with E-state index in [1.54, 1.807) is 17.8 Å². The molecule has 0 spiro atoms. The largest absolute Gasteiger partial charge is 0.276 e. The van der Waals surface area contributed by atoms with Crippen LogP contribution < -0.4 is 0 Å². The Morgan fingerprint density at radius 2 is 1.41 bits per heavy atom. The van der Waals surface area contributed by atoms with Crippen LogP contribution in [0.15, 0.2) is 29.2 Å². The number of benzene rings is 2. The van der Waals surface area contributed by atoms with Crippen molar-refractivity contribution in [1.29, 1.82) is 0 Å². The number of halogens is 1. The number of carbonyl (C=O) groups excluding carboxylic acids is 1. The first-order chi connectivity index (χ1) is 10.3. The zero-order chi connectivity index (χ0) is 16.4. The summed E-state index contributed by atoms with van der Waals surface area (Å²) >= 11 is 7.35. The van der Waals surface area contributed by atoms with Crippen LogP contribution in [0.4, 0.5) is 0 Å². The molecule has 0 radical (unpaired) electrons. The van der Waals surface area contributed by atoms with Crippen molar-refractivity contribution in [3.63, 3.8) is 0 Å². The lowest BCUT2D eigenvalue weighted by Gasteiger charge is -2.18. The lowest BCUT2D eigenvalue weighted by Crippen LogP contribution is -2.02. The molecule has 1 nitrogen and oxygen atoms in total. The summed E-state index contributed by atoms with van der Waals surface area (Å²) < 4.78 is 0. The van der Waals surface area contributed by atoms with Gasteiger partial charge < -0.3 is 0 Å². The minimum absolute atomic E-state index is 0.396. The maximum absolute atomic E-state index is 11.5. The summed E-state index contributed by atoms with van der Waals surface area (Å²) in [5.74, 6) is 0.848. The third-order valence-corrected chi connectivity index (χ3v) is 5.93. The van der Waals surface area contributed by atoms with E-state index < -0.39 is 5.24 Å². The molecule has 0 N–H and O–H groups in total. The van der Waals surface area contributed by atoms with Crippen molar-refractivity contribution in [2.24, 2.45) is 0 Å². The Balaban J connectivity index is 2.36. The van der Waals surface area contributed by atoms with Crippen LogP contribution in [0.5, 0.6) is 0 Å². The van der Waals surface area contributed by atoms with E-state index in [0.29, 0.717) is 5.56 Å². The minimum atomic E-state index is -0.396. The highest BCUT2D eigenvalue weighted by molar-refractivity contribution is 7.98. The molecule has 3 heteroatoms. The second-order valence-corrected chi connectivity index (χ2v) is 7.02. The molecule has 0 aliphatic rings. The molecule has 22 heavy (non-hydrogen) atoms. The van der Waals surface area contributed by atoms with E-state index in [1.165, 1.54) is 33.4 Å². The predicted molar refractivity (Wildman–Crippen MR) is 96.3 cm³/mol. The van der Waals surface area contributed by atoms with Crippen LogP contribution in [-0.4, -0.2) is 5.24 Å². The first-order valence-corrected chi connectivity index (χ1v) is 8.68. The van der Waals surface area contributed by atoms with Crippen LogP contribution in [0.3, 0.4) is 0 Å². The Morgan fingerprint density at radius 3 is 1.95 bits per heavy atom. The SMILES string of the molecule is Cc1c(C)c(C)c(CSc2ccccc2C(=O)Cl)c(C)c1C. The van der Waals surface area contributed by atoms with Crippen LogP contribution in [0.25, 0.3) is 0 Å². The van der Waals surface area contributed by atoms with Crippen molar-refractivity contribution in [2.45, 2.75) is 45.3 Å². The van der Waals surface area contributed by atoms with Gasteiger partial charge in [0.25, 0.3) is 5.24 Å². The van der Waals surface area contributed by atoms with Crippen molar-refractivity contribution >= 4 is 28.6 Å². The first kappa shape index (κ1) is 17.1. The van der Waals surface area contributed by atoms with E-state index in [2.05, 4.69) is 34.6 Å². The highest BCUT2D eigenvalue weighted by Crippen LogP contribution is 2.33. The summed E-state index contributed by atoms with van der Waals surface area (Å²) in [6, 6.07) is 7.52.